The van der Waals surface area contributed by atoms with E-state index in [0.717, 1.165) is 4.57 Å². The van der Waals surface area contributed by atoms with E-state index in [9.17, 15) is 9.59 Å². The van der Waals surface area contributed by atoms with Crippen LogP contribution >= 0.6 is 0 Å². The van der Waals surface area contributed by atoms with Crippen LogP contribution in [0.3, 0.4) is 0 Å². The molecule has 0 bridgehead atoms. The van der Waals surface area contributed by atoms with Gasteiger partial charge < -0.3 is 15.0 Å². The van der Waals surface area contributed by atoms with Crippen molar-refractivity contribution in [2.24, 2.45) is 7.05 Å². The number of aromatic nitrogens is 2. The van der Waals surface area contributed by atoms with Crippen LogP contribution in [0.25, 0.3) is 0 Å². The molecular formula is C13H15N3O3. The second-order valence-electron chi connectivity index (χ2n) is 4.10. The number of hydrogen-bond donors (Lipinski definition) is 1. The molecule has 0 aliphatic rings. The highest BCUT2D eigenvalue weighted by Crippen LogP contribution is 2.07. The number of nitrogens with zero attached hydrogens (tertiary/aromatic N) is 2. The van der Waals surface area contributed by atoms with Gasteiger partial charge in [0, 0.05) is 13.2 Å². The van der Waals surface area contributed by atoms with E-state index >= 15 is 0 Å². The molecule has 2 aromatic rings. The highest BCUT2D eigenvalue weighted by molar-refractivity contribution is 5.30. The fourth-order valence-electron chi connectivity index (χ4n) is 1.72. The molecule has 0 amide bonds. The summed E-state index contributed by atoms with van der Waals surface area (Å²) < 4.78 is 7.80. The maximum Gasteiger partial charge on any atom is 0.330 e. The maximum atomic E-state index is 11.8. The van der Waals surface area contributed by atoms with Crippen molar-refractivity contribution in [2.75, 3.05) is 12.3 Å². The topological polar surface area (TPSA) is 79.2 Å². The van der Waals surface area contributed by atoms with Crippen LogP contribution in [0.1, 0.15) is 0 Å². The Balaban J connectivity index is 2.13. The monoisotopic (exact) mass is 261 g/mol. The van der Waals surface area contributed by atoms with Crippen LogP contribution in [-0.4, -0.2) is 15.7 Å². The molecule has 0 unspecified atom stereocenters. The number of anilines is 1. The largest absolute Gasteiger partial charge is 0.492 e. The van der Waals surface area contributed by atoms with E-state index in [1.807, 2.05) is 18.2 Å². The highest BCUT2D eigenvalue weighted by Gasteiger charge is 2.07. The van der Waals surface area contributed by atoms with E-state index in [-0.39, 0.29) is 18.8 Å². The Hall–Kier alpha value is -2.50. The summed E-state index contributed by atoms with van der Waals surface area (Å²) >= 11 is 0. The van der Waals surface area contributed by atoms with Crippen molar-refractivity contribution < 1.29 is 4.74 Å². The molecule has 6 heteroatoms. The number of rotatable bonds is 4. The minimum absolute atomic E-state index is 0.0433. The lowest BCUT2D eigenvalue weighted by Gasteiger charge is -2.09. The zero-order valence-electron chi connectivity index (χ0n) is 10.6. The van der Waals surface area contributed by atoms with Crippen LogP contribution in [0.5, 0.6) is 5.75 Å². The van der Waals surface area contributed by atoms with Gasteiger partial charge in [0.15, 0.2) is 0 Å². The molecule has 1 heterocycles. The molecule has 0 spiro atoms. The van der Waals surface area contributed by atoms with Gasteiger partial charge in [0.1, 0.15) is 18.0 Å². The third kappa shape index (κ3) is 2.85. The predicted molar refractivity (Wildman–Crippen MR) is 72.3 cm³/mol. The lowest BCUT2D eigenvalue weighted by atomic mass is 10.3. The molecule has 0 fully saturated rings. The molecule has 0 radical (unpaired) electrons. The fraction of sp³-hybridized carbons (Fsp3) is 0.231. The van der Waals surface area contributed by atoms with Gasteiger partial charge in [0.2, 0.25) is 0 Å². The van der Waals surface area contributed by atoms with Crippen LogP contribution in [0.15, 0.2) is 46.1 Å². The van der Waals surface area contributed by atoms with E-state index < -0.39 is 11.2 Å². The first-order chi connectivity index (χ1) is 9.09. The van der Waals surface area contributed by atoms with Crippen molar-refractivity contribution in [1.29, 1.82) is 0 Å². The van der Waals surface area contributed by atoms with Gasteiger partial charge in [0.25, 0.3) is 5.56 Å². The number of nitrogens with two attached hydrogens (primary N) is 1. The average molecular weight is 261 g/mol. The number of aryl methyl sites for hydroxylation is 1. The molecule has 19 heavy (non-hydrogen) atoms. The quantitative estimate of drug-likeness (QED) is 0.853. The van der Waals surface area contributed by atoms with Gasteiger partial charge in [-0.1, -0.05) is 18.2 Å². The number of hydrogen-bond acceptors (Lipinski definition) is 4. The van der Waals surface area contributed by atoms with E-state index in [4.69, 9.17) is 10.5 Å². The Labute approximate surface area is 109 Å². The molecular weight excluding hydrogens is 246 g/mol. The van der Waals surface area contributed by atoms with Gasteiger partial charge in [-0.3, -0.25) is 9.36 Å². The van der Waals surface area contributed by atoms with Crippen LogP contribution in [-0.2, 0) is 13.6 Å². The van der Waals surface area contributed by atoms with E-state index in [1.165, 1.54) is 10.8 Å². The van der Waals surface area contributed by atoms with Crippen molar-refractivity contribution in [2.45, 2.75) is 6.54 Å². The van der Waals surface area contributed by atoms with Gasteiger partial charge in [-0.05, 0) is 12.1 Å². The first-order valence-corrected chi connectivity index (χ1v) is 5.83. The van der Waals surface area contributed by atoms with Crippen molar-refractivity contribution in [3.05, 3.63) is 57.4 Å². The number of benzene rings is 1. The van der Waals surface area contributed by atoms with Crippen molar-refractivity contribution in [3.8, 4) is 5.75 Å². The minimum Gasteiger partial charge on any atom is -0.492 e. The summed E-state index contributed by atoms with van der Waals surface area (Å²) in [6, 6.07) is 9.19. The second kappa shape index (κ2) is 5.43. The van der Waals surface area contributed by atoms with Crippen molar-refractivity contribution in [3.63, 3.8) is 0 Å². The Kier molecular flexibility index (Phi) is 3.70. The van der Waals surface area contributed by atoms with Crippen molar-refractivity contribution >= 4 is 5.69 Å². The third-order valence-corrected chi connectivity index (χ3v) is 2.68. The predicted octanol–water partition coefficient (Wildman–Crippen LogP) is 0.208. The minimum atomic E-state index is -0.486. The van der Waals surface area contributed by atoms with Gasteiger partial charge in [-0.15, -0.1) is 0 Å². The summed E-state index contributed by atoms with van der Waals surface area (Å²) in [7, 11) is 1.55. The van der Waals surface area contributed by atoms with Gasteiger partial charge in [0.05, 0.1) is 6.54 Å². The summed E-state index contributed by atoms with van der Waals surface area (Å²) in [5.41, 5.74) is 4.69. The summed E-state index contributed by atoms with van der Waals surface area (Å²) in [5.74, 6) is 0.691. The van der Waals surface area contributed by atoms with E-state index in [2.05, 4.69) is 0 Å². The number of ether oxygens (including phenoxy) is 1. The molecule has 1 aromatic carbocycles. The molecule has 0 saturated heterocycles. The van der Waals surface area contributed by atoms with E-state index in [1.54, 1.807) is 19.2 Å². The third-order valence-electron chi connectivity index (χ3n) is 2.68. The van der Waals surface area contributed by atoms with Crippen LogP contribution in [0.2, 0.25) is 0 Å². The van der Waals surface area contributed by atoms with Gasteiger partial charge in [-0.25, -0.2) is 4.79 Å². The Morgan fingerprint density at radius 1 is 1.21 bits per heavy atom. The zero-order chi connectivity index (χ0) is 13.8. The molecule has 0 atom stereocenters. The molecule has 6 nitrogen and oxygen atoms in total. The SMILES string of the molecule is Cn1cc(N)c(=O)n(CCOc2ccccc2)c1=O. The molecule has 0 aliphatic heterocycles. The van der Waals surface area contributed by atoms with Crippen LogP contribution in [0.4, 0.5) is 5.69 Å². The first-order valence-electron chi connectivity index (χ1n) is 5.83. The zero-order valence-corrected chi connectivity index (χ0v) is 10.6. The summed E-state index contributed by atoms with van der Waals surface area (Å²) in [4.78, 5) is 23.6. The fourth-order valence-corrected chi connectivity index (χ4v) is 1.72. The molecule has 2 N–H and O–H groups in total. The first kappa shape index (κ1) is 12.9. The highest BCUT2D eigenvalue weighted by atomic mass is 16.5. The Morgan fingerprint density at radius 3 is 2.58 bits per heavy atom. The molecule has 100 valence electrons. The standard InChI is InChI=1S/C13H15N3O3/c1-15-9-11(14)12(17)16(13(15)18)7-8-19-10-5-3-2-4-6-10/h2-6,9H,7-8,14H2,1H3. The summed E-state index contributed by atoms with van der Waals surface area (Å²) in [6.45, 7) is 0.383. The summed E-state index contributed by atoms with van der Waals surface area (Å²) in [6.07, 6.45) is 1.32. The van der Waals surface area contributed by atoms with Crippen molar-refractivity contribution in [1.82, 2.24) is 9.13 Å². The second-order valence-corrected chi connectivity index (χ2v) is 4.10. The van der Waals surface area contributed by atoms with Crippen LogP contribution in [0, 0.1) is 0 Å². The summed E-state index contributed by atoms with van der Waals surface area (Å²) in [5, 5.41) is 0. The molecule has 2 rings (SSSR count). The van der Waals surface area contributed by atoms with Gasteiger partial charge in [-0.2, -0.15) is 0 Å². The smallest absolute Gasteiger partial charge is 0.330 e. The molecule has 1 aromatic heterocycles. The van der Waals surface area contributed by atoms with E-state index in [0.29, 0.717) is 5.75 Å². The molecule has 0 aliphatic carbocycles. The number of para-hydroxylation sites is 1. The Morgan fingerprint density at radius 2 is 1.89 bits per heavy atom. The van der Waals surface area contributed by atoms with Gasteiger partial charge >= 0.3 is 5.69 Å². The van der Waals surface area contributed by atoms with Crippen LogP contribution < -0.4 is 21.7 Å². The normalized spacial score (nSPS) is 10.4. The maximum absolute atomic E-state index is 11.8. The average Bonchev–Trinajstić information content (AvgIpc) is 2.42. The lowest BCUT2D eigenvalue weighted by molar-refractivity contribution is 0.292. The number of nitrogen functional groups attached to an aromatic ring is 1. The Bertz CT molecular complexity index is 640. The lowest BCUT2D eigenvalue weighted by Crippen LogP contribution is -2.40. The molecule has 0 saturated carbocycles.